The Morgan fingerprint density at radius 1 is 1.21 bits per heavy atom. The van der Waals surface area contributed by atoms with Crippen LogP contribution in [0.15, 0.2) is 42.5 Å². The summed E-state index contributed by atoms with van der Waals surface area (Å²) >= 11 is 5.99. The largest absolute Gasteiger partial charge is 0.335 e. The molecule has 24 heavy (non-hydrogen) atoms. The number of nitrogens with one attached hydrogen (secondary N) is 1. The number of para-hydroxylation sites is 1. The first-order valence-electron chi connectivity index (χ1n) is 7.60. The van der Waals surface area contributed by atoms with Gasteiger partial charge in [0, 0.05) is 32.9 Å². The summed E-state index contributed by atoms with van der Waals surface area (Å²) in [5.74, 6) is -0.165. The molecule has 0 spiro atoms. The zero-order valence-electron chi connectivity index (χ0n) is 13.5. The molecule has 5 heteroatoms. The van der Waals surface area contributed by atoms with Crippen molar-refractivity contribution < 1.29 is 9.59 Å². The quantitative estimate of drug-likeness (QED) is 0.717. The van der Waals surface area contributed by atoms with Gasteiger partial charge in [-0.05, 0) is 37.6 Å². The molecule has 0 saturated heterocycles. The standard InChI is InChI=1S/C19H17ClN2O2/c1-12-7-8-14(20)9-17(12)21-19(24)10-22-13(2)16(11-23)15-5-3-4-6-18(15)22/h3-9,11H,10H2,1-2H3,(H,21,24). The lowest BCUT2D eigenvalue weighted by Crippen LogP contribution is -2.20. The number of amides is 1. The number of fused-ring (bicyclic) bond motifs is 1. The van der Waals surface area contributed by atoms with Gasteiger partial charge in [-0.1, -0.05) is 35.9 Å². The van der Waals surface area contributed by atoms with Crippen LogP contribution in [0, 0.1) is 13.8 Å². The highest BCUT2D eigenvalue weighted by Crippen LogP contribution is 2.25. The average Bonchev–Trinajstić information content (AvgIpc) is 2.83. The average molecular weight is 341 g/mol. The number of benzene rings is 2. The Balaban J connectivity index is 1.92. The molecular weight excluding hydrogens is 324 g/mol. The van der Waals surface area contributed by atoms with Gasteiger partial charge in [-0.3, -0.25) is 9.59 Å². The Morgan fingerprint density at radius 3 is 2.71 bits per heavy atom. The predicted octanol–water partition coefficient (Wildman–Crippen LogP) is 4.36. The van der Waals surface area contributed by atoms with Gasteiger partial charge in [0.25, 0.3) is 0 Å². The second-order valence-corrected chi connectivity index (χ2v) is 6.16. The second-order valence-electron chi connectivity index (χ2n) is 5.73. The number of aromatic nitrogens is 1. The fourth-order valence-corrected chi connectivity index (χ4v) is 3.04. The fourth-order valence-electron chi connectivity index (χ4n) is 2.87. The number of hydrogen-bond acceptors (Lipinski definition) is 2. The van der Waals surface area contributed by atoms with E-state index in [9.17, 15) is 9.59 Å². The first kappa shape index (κ1) is 16.3. The first-order chi connectivity index (χ1) is 11.5. The third-order valence-corrected chi connectivity index (χ3v) is 4.41. The first-order valence-corrected chi connectivity index (χ1v) is 7.98. The van der Waals surface area contributed by atoms with Crippen LogP contribution in [0.1, 0.15) is 21.6 Å². The molecule has 122 valence electrons. The maximum Gasteiger partial charge on any atom is 0.244 e. The van der Waals surface area contributed by atoms with E-state index in [0.29, 0.717) is 16.3 Å². The molecule has 0 atom stereocenters. The van der Waals surface area contributed by atoms with E-state index in [1.165, 1.54) is 0 Å². The number of aryl methyl sites for hydroxylation is 1. The number of rotatable bonds is 4. The fraction of sp³-hybridized carbons (Fsp3) is 0.158. The van der Waals surface area contributed by atoms with E-state index >= 15 is 0 Å². The topological polar surface area (TPSA) is 51.1 Å². The minimum atomic E-state index is -0.165. The Labute approximate surface area is 145 Å². The van der Waals surface area contributed by atoms with Crippen LogP contribution in [0.2, 0.25) is 5.02 Å². The Kier molecular flexibility index (Phi) is 4.40. The summed E-state index contributed by atoms with van der Waals surface area (Å²) in [5, 5.41) is 4.32. The summed E-state index contributed by atoms with van der Waals surface area (Å²) < 4.78 is 1.86. The summed E-state index contributed by atoms with van der Waals surface area (Å²) in [6.45, 7) is 3.89. The Hall–Kier alpha value is -2.59. The Bertz CT molecular complexity index is 944. The number of carbonyl (C=O) groups excluding carboxylic acids is 2. The van der Waals surface area contributed by atoms with Gasteiger partial charge >= 0.3 is 0 Å². The third-order valence-electron chi connectivity index (χ3n) is 4.17. The molecule has 1 N–H and O–H groups in total. The third kappa shape index (κ3) is 2.93. The second kappa shape index (κ2) is 6.49. The van der Waals surface area contributed by atoms with Crippen LogP contribution in [-0.2, 0) is 11.3 Å². The zero-order chi connectivity index (χ0) is 17.3. The molecule has 0 aliphatic carbocycles. The van der Waals surface area contributed by atoms with Crippen molar-refractivity contribution in [1.29, 1.82) is 0 Å². The summed E-state index contributed by atoms with van der Waals surface area (Å²) in [6, 6.07) is 13.0. The van der Waals surface area contributed by atoms with Gasteiger partial charge < -0.3 is 9.88 Å². The van der Waals surface area contributed by atoms with Gasteiger partial charge in [-0.2, -0.15) is 0 Å². The SMILES string of the molecule is Cc1ccc(Cl)cc1NC(=O)Cn1c(C)c(C=O)c2ccccc21. The smallest absolute Gasteiger partial charge is 0.244 e. The molecule has 3 rings (SSSR count). The molecule has 0 fully saturated rings. The molecule has 2 aromatic carbocycles. The maximum atomic E-state index is 12.5. The van der Waals surface area contributed by atoms with Crippen molar-refractivity contribution in [2.75, 3.05) is 5.32 Å². The molecule has 0 radical (unpaired) electrons. The molecule has 0 aliphatic rings. The minimum Gasteiger partial charge on any atom is -0.335 e. The highest BCUT2D eigenvalue weighted by molar-refractivity contribution is 6.31. The summed E-state index contributed by atoms with van der Waals surface area (Å²) in [5.41, 5.74) is 3.91. The van der Waals surface area contributed by atoms with Crippen molar-refractivity contribution in [3.63, 3.8) is 0 Å². The van der Waals surface area contributed by atoms with Crippen LogP contribution < -0.4 is 5.32 Å². The van der Waals surface area contributed by atoms with E-state index in [0.717, 1.165) is 28.4 Å². The van der Waals surface area contributed by atoms with Gasteiger partial charge in [0.15, 0.2) is 6.29 Å². The summed E-state index contributed by atoms with van der Waals surface area (Å²) in [7, 11) is 0. The Morgan fingerprint density at radius 2 is 1.96 bits per heavy atom. The van der Waals surface area contributed by atoms with E-state index in [1.54, 1.807) is 12.1 Å². The highest BCUT2D eigenvalue weighted by atomic mass is 35.5. The van der Waals surface area contributed by atoms with Gasteiger partial charge in [0.05, 0.1) is 0 Å². The lowest BCUT2D eigenvalue weighted by atomic mass is 10.1. The molecule has 0 bridgehead atoms. The highest BCUT2D eigenvalue weighted by Gasteiger charge is 2.15. The molecule has 0 unspecified atom stereocenters. The van der Waals surface area contributed by atoms with Crippen LogP contribution >= 0.6 is 11.6 Å². The lowest BCUT2D eigenvalue weighted by Gasteiger charge is -2.11. The molecule has 1 amide bonds. The van der Waals surface area contributed by atoms with Gasteiger partial charge in [-0.25, -0.2) is 0 Å². The van der Waals surface area contributed by atoms with Crippen LogP contribution in [-0.4, -0.2) is 16.8 Å². The number of halogens is 1. The van der Waals surface area contributed by atoms with Crippen molar-refractivity contribution in [3.8, 4) is 0 Å². The van der Waals surface area contributed by atoms with Crippen LogP contribution in [0.25, 0.3) is 10.9 Å². The molecule has 1 aromatic heterocycles. The van der Waals surface area contributed by atoms with Gasteiger partial charge in [0.1, 0.15) is 6.54 Å². The summed E-state index contributed by atoms with van der Waals surface area (Å²) in [6.07, 6.45) is 0.840. The lowest BCUT2D eigenvalue weighted by molar-refractivity contribution is -0.116. The number of hydrogen-bond donors (Lipinski definition) is 1. The van der Waals surface area contributed by atoms with Crippen molar-refractivity contribution in [2.45, 2.75) is 20.4 Å². The minimum absolute atomic E-state index is 0.131. The molecule has 0 saturated carbocycles. The van der Waals surface area contributed by atoms with E-state index in [1.807, 2.05) is 48.7 Å². The molecule has 3 aromatic rings. The van der Waals surface area contributed by atoms with E-state index in [4.69, 9.17) is 11.6 Å². The van der Waals surface area contributed by atoms with Gasteiger partial charge in [-0.15, -0.1) is 0 Å². The summed E-state index contributed by atoms with van der Waals surface area (Å²) in [4.78, 5) is 23.9. The normalized spacial score (nSPS) is 10.8. The van der Waals surface area contributed by atoms with Crippen molar-refractivity contribution in [1.82, 2.24) is 4.57 Å². The van der Waals surface area contributed by atoms with Gasteiger partial charge in [0.2, 0.25) is 5.91 Å². The number of carbonyl (C=O) groups is 2. The van der Waals surface area contributed by atoms with Crippen molar-refractivity contribution in [2.24, 2.45) is 0 Å². The van der Waals surface area contributed by atoms with E-state index < -0.39 is 0 Å². The van der Waals surface area contributed by atoms with Crippen LogP contribution in [0.4, 0.5) is 5.69 Å². The van der Waals surface area contributed by atoms with Crippen LogP contribution in [0.3, 0.4) is 0 Å². The monoisotopic (exact) mass is 340 g/mol. The number of anilines is 1. The molecular formula is C19H17ClN2O2. The number of aldehydes is 1. The molecule has 4 nitrogen and oxygen atoms in total. The van der Waals surface area contributed by atoms with E-state index in [-0.39, 0.29) is 12.5 Å². The van der Waals surface area contributed by atoms with Crippen molar-refractivity contribution in [3.05, 3.63) is 64.3 Å². The number of nitrogens with zero attached hydrogens (tertiary/aromatic N) is 1. The zero-order valence-corrected chi connectivity index (χ0v) is 14.2. The predicted molar refractivity (Wildman–Crippen MR) is 96.9 cm³/mol. The van der Waals surface area contributed by atoms with E-state index in [2.05, 4.69) is 5.32 Å². The maximum absolute atomic E-state index is 12.5. The van der Waals surface area contributed by atoms with Crippen molar-refractivity contribution >= 4 is 40.4 Å². The van der Waals surface area contributed by atoms with Crippen LogP contribution in [0.5, 0.6) is 0 Å². The molecule has 0 aliphatic heterocycles. The molecule has 1 heterocycles.